The molecule has 0 heterocycles. The SMILES string of the molecule is O=C(O)CC1(NC(=O)CCCOc2ccccc2Br)CCCC1. The van der Waals surface area contributed by atoms with E-state index >= 15 is 0 Å². The van der Waals surface area contributed by atoms with Crippen LogP contribution >= 0.6 is 15.9 Å². The zero-order valence-electron chi connectivity index (χ0n) is 13.0. The first-order valence-corrected chi connectivity index (χ1v) is 8.70. The summed E-state index contributed by atoms with van der Waals surface area (Å²) in [5.41, 5.74) is -0.549. The van der Waals surface area contributed by atoms with Crippen molar-refractivity contribution >= 4 is 27.8 Å². The summed E-state index contributed by atoms with van der Waals surface area (Å²) in [7, 11) is 0. The number of carbonyl (C=O) groups excluding carboxylic acids is 1. The van der Waals surface area contributed by atoms with Crippen molar-refractivity contribution in [1.82, 2.24) is 5.32 Å². The highest BCUT2D eigenvalue weighted by atomic mass is 79.9. The van der Waals surface area contributed by atoms with E-state index in [1.807, 2.05) is 24.3 Å². The molecular weight excluding hydrogens is 362 g/mol. The normalized spacial score (nSPS) is 16.0. The number of ether oxygens (including phenoxy) is 1. The van der Waals surface area contributed by atoms with E-state index < -0.39 is 11.5 Å². The molecule has 0 bridgehead atoms. The van der Waals surface area contributed by atoms with E-state index in [2.05, 4.69) is 21.2 Å². The number of aliphatic carboxylic acids is 1. The Kier molecular flexibility index (Phi) is 6.45. The fourth-order valence-corrected chi connectivity index (χ4v) is 3.42. The number of carbonyl (C=O) groups is 2. The Balaban J connectivity index is 1.74. The Morgan fingerprint density at radius 3 is 2.61 bits per heavy atom. The molecule has 0 radical (unpaired) electrons. The third-order valence-electron chi connectivity index (χ3n) is 4.10. The van der Waals surface area contributed by atoms with Crippen LogP contribution in [0.5, 0.6) is 5.75 Å². The van der Waals surface area contributed by atoms with Crippen LogP contribution in [0.1, 0.15) is 44.9 Å². The van der Waals surface area contributed by atoms with Crippen molar-refractivity contribution in [3.8, 4) is 5.75 Å². The number of halogens is 1. The zero-order valence-corrected chi connectivity index (χ0v) is 14.6. The summed E-state index contributed by atoms with van der Waals surface area (Å²) in [4.78, 5) is 23.1. The van der Waals surface area contributed by atoms with Gasteiger partial charge in [0.2, 0.25) is 5.91 Å². The smallest absolute Gasteiger partial charge is 0.305 e. The number of carboxylic acids is 1. The molecule has 2 N–H and O–H groups in total. The Labute approximate surface area is 144 Å². The molecule has 1 aliphatic carbocycles. The minimum Gasteiger partial charge on any atom is -0.492 e. The molecule has 0 atom stereocenters. The van der Waals surface area contributed by atoms with Gasteiger partial charge in [0, 0.05) is 6.42 Å². The molecule has 126 valence electrons. The third kappa shape index (κ3) is 5.53. The van der Waals surface area contributed by atoms with Crippen molar-refractivity contribution < 1.29 is 19.4 Å². The van der Waals surface area contributed by atoms with Gasteiger partial charge in [-0.15, -0.1) is 0 Å². The van der Waals surface area contributed by atoms with Crippen molar-refractivity contribution in [1.29, 1.82) is 0 Å². The van der Waals surface area contributed by atoms with Gasteiger partial charge in [0.25, 0.3) is 0 Å². The van der Waals surface area contributed by atoms with Gasteiger partial charge in [-0.05, 0) is 47.3 Å². The van der Waals surface area contributed by atoms with Crippen molar-refractivity contribution in [3.05, 3.63) is 28.7 Å². The second kappa shape index (κ2) is 8.34. The molecule has 23 heavy (non-hydrogen) atoms. The van der Waals surface area contributed by atoms with Crippen LogP contribution in [0.3, 0.4) is 0 Å². The number of para-hydroxylation sites is 1. The van der Waals surface area contributed by atoms with Crippen LogP contribution < -0.4 is 10.1 Å². The zero-order chi connectivity index (χ0) is 16.7. The monoisotopic (exact) mass is 383 g/mol. The second-order valence-corrected chi connectivity index (χ2v) is 6.84. The minimum atomic E-state index is -0.857. The van der Waals surface area contributed by atoms with Gasteiger partial charge in [-0.1, -0.05) is 25.0 Å². The predicted octanol–water partition coefficient (Wildman–Crippen LogP) is 3.51. The van der Waals surface area contributed by atoms with Crippen LogP contribution in [0.4, 0.5) is 0 Å². The number of rotatable bonds is 8. The second-order valence-electron chi connectivity index (χ2n) is 5.99. The molecule has 1 aliphatic rings. The molecule has 1 saturated carbocycles. The highest BCUT2D eigenvalue weighted by molar-refractivity contribution is 9.10. The van der Waals surface area contributed by atoms with Gasteiger partial charge in [-0.25, -0.2) is 0 Å². The largest absolute Gasteiger partial charge is 0.492 e. The highest BCUT2D eigenvalue weighted by Gasteiger charge is 2.37. The fraction of sp³-hybridized carbons (Fsp3) is 0.529. The summed E-state index contributed by atoms with van der Waals surface area (Å²) >= 11 is 3.41. The molecule has 1 amide bonds. The van der Waals surface area contributed by atoms with Crippen LogP contribution in [0.2, 0.25) is 0 Å². The van der Waals surface area contributed by atoms with E-state index in [0.717, 1.165) is 35.9 Å². The van der Waals surface area contributed by atoms with E-state index in [0.29, 0.717) is 19.4 Å². The van der Waals surface area contributed by atoms with E-state index in [9.17, 15) is 9.59 Å². The number of hydrogen-bond donors (Lipinski definition) is 2. The van der Waals surface area contributed by atoms with Gasteiger partial charge in [0.05, 0.1) is 23.0 Å². The molecule has 0 saturated heterocycles. The van der Waals surface area contributed by atoms with E-state index in [-0.39, 0.29) is 12.3 Å². The molecule has 0 unspecified atom stereocenters. The first-order valence-electron chi connectivity index (χ1n) is 7.91. The molecular formula is C17H22BrNO4. The van der Waals surface area contributed by atoms with Gasteiger partial charge in [0.15, 0.2) is 0 Å². The number of amides is 1. The van der Waals surface area contributed by atoms with Crippen molar-refractivity contribution in [2.24, 2.45) is 0 Å². The quantitative estimate of drug-likeness (QED) is 0.673. The lowest BCUT2D eigenvalue weighted by Gasteiger charge is -2.28. The summed E-state index contributed by atoms with van der Waals surface area (Å²) < 4.78 is 6.51. The lowest BCUT2D eigenvalue weighted by molar-refractivity contribution is -0.139. The standard InChI is InChI=1S/C17H22BrNO4/c18-13-6-1-2-7-14(13)23-11-5-8-15(20)19-17(12-16(21)22)9-3-4-10-17/h1-2,6-7H,3-5,8-12H2,(H,19,20)(H,21,22). The van der Waals surface area contributed by atoms with Gasteiger partial charge in [-0.3, -0.25) is 9.59 Å². The van der Waals surface area contributed by atoms with Crippen molar-refractivity contribution in [3.63, 3.8) is 0 Å². The Bertz CT molecular complexity index is 555. The molecule has 0 spiro atoms. The molecule has 1 fully saturated rings. The molecule has 0 aliphatic heterocycles. The van der Waals surface area contributed by atoms with Gasteiger partial charge >= 0.3 is 5.97 Å². The molecule has 1 aromatic carbocycles. The predicted molar refractivity (Wildman–Crippen MR) is 90.5 cm³/mol. The van der Waals surface area contributed by atoms with Crippen LogP contribution in [0, 0.1) is 0 Å². The van der Waals surface area contributed by atoms with Crippen LogP contribution in [-0.2, 0) is 9.59 Å². The van der Waals surface area contributed by atoms with E-state index in [4.69, 9.17) is 9.84 Å². The van der Waals surface area contributed by atoms with Gasteiger partial charge in [0.1, 0.15) is 5.75 Å². The Hall–Kier alpha value is -1.56. The highest BCUT2D eigenvalue weighted by Crippen LogP contribution is 2.32. The average molecular weight is 384 g/mol. The van der Waals surface area contributed by atoms with Crippen molar-refractivity contribution in [2.75, 3.05) is 6.61 Å². The van der Waals surface area contributed by atoms with E-state index in [1.54, 1.807) is 0 Å². The van der Waals surface area contributed by atoms with Crippen LogP contribution in [0.25, 0.3) is 0 Å². The Morgan fingerprint density at radius 2 is 1.96 bits per heavy atom. The van der Waals surface area contributed by atoms with Gasteiger partial charge < -0.3 is 15.2 Å². The fourth-order valence-electron chi connectivity index (χ4n) is 3.02. The van der Waals surface area contributed by atoms with Crippen LogP contribution in [-0.4, -0.2) is 29.1 Å². The van der Waals surface area contributed by atoms with Crippen molar-refractivity contribution in [2.45, 2.75) is 50.5 Å². The number of carboxylic acid groups (broad SMARTS) is 1. The number of hydrogen-bond acceptors (Lipinski definition) is 3. The molecule has 2 rings (SSSR count). The summed E-state index contributed by atoms with van der Waals surface area (Å²) in [6, 6.07) is 7.57. The summed E-state index contributed by atoms with van der Waals surface area (Å²) in [5.74, 6) is -0.195. The lowest BCUT2D eigenvalue weighted by atomic mass is 9.93. The molecule has 0 aromatic heterocycles. The maximum absolute atomic E-state index is 12.1. The first kappa shape index (κ1) is 17.8. The summed E-state index contributed by atoms with van der Waals surface area (Å²) in [6.45, 7) is 0.446. The van der Waals surface area contributed by atoms with E-state index in [1.165, 1.54) is 0 Å². The maximum atomic E-state index is 12.1. The topological polar surface area (TPSA) is 75.6 Å². The molecule has 1 aromatic rings. The molecule has 6 heteroatoms. The summed E-state index contributed by atoms with van der Waals surface area (Å²) in [6.07, 6.45) is 4.38. The lowest BCUT2D eigenvalue weighted by Crippen LogP contribution is -2.47. The Morgan fingerprint density at radius 1 is 1.26 bits per heavy atom. The van der Waals surface area contributed by atoms with Gasteiger partial charge in [-0.2, -0.15) is 0 Å². The average Bonchev–Trinajstić information content (AvgIpc) is 2.92. The number of nitrogens with one attached hydrogen (secondary N) is 1. The number of benzene rings is 1. The molecule has 5 nitrogen and oxygen atoms in total. The summed E-state index contributed by atoms with van der Waals surface area (Å²) in [5, 5.41) is 12.0. The van der Waals surface area contributed by atoms with Crippen LogP contribution in [0.15, 0.2) is 28.7 Å². The first-order chi connectivity index (χ1) is 11.0. The minimum absolute atomic E-state index is 0.00615. The third-order valence-corrected chi connectivity index (χ3v) is 4.75. The maximum Gasteiger partial charge on any atom is 0.305 e.